The number of hydrogen-bond donors (Lipinski definition) is 4. The highest BCUT2D eigenvalue weighted by Crippen LogP contribution is 2.34. The number of benzene rings is 2. The Morgan fingerprint density at radius 2 is 1.68 bits per heavy atom. The van der Waals surface area contributed by atoms with Gasteiger partial charge >= 0.3 is 0 Å². The van der Waals surface area contributed by atoms with Crippen LogP contribution in [-0.2, 0) is 30.9 Å². The van der Waals surface area contributed by atoms with Crippen LogP contribution in [-0.4, -0.2) is 75.2 Å². The zero-order valence-electron chi connectivity index (χ0n) is 23.4. The zero-order chi connectivity index (χ0) is 30.0. The Hall–Kier alpha value is -2.71. The van der Waals surface area contributed by atoms with Crippen LogP contribution in [0.25, 0.3) is 0 Å². The number of aliphatic hydroxyl groups is 1. The summed E-state index contributed by atoms with van der Waals surface area (Å²) in [7, 11) is -7.63. The van der Waals surface area contributed by atoms with Gasteiger partial charge in [0.1, 0.15) is 6.04 Å². The van der Waals surface area contributed by atoms with Crippen molar-refractivity contribution in [1.82, 2.24) is 10.6 Å². The van der Waals surface area contributed by atoms with E-state index >= 15 is 0 Å². The topological polar surface area (TPSA) is 174 Å². The standard InChI is InChI=1S/C27H39N3O8S2/c1-6-27(15-19-10-8-7-9-11-19,30-24(31)23(28)25(2,3)39(5,33)34)29-16-26(4,32)17-40(35,36)20-12-13-21-22(14-20)38-18-37-21/h7-14,23,29,32H,6,15-18,28H2,1-5H3,(H,30,31)/t23-,26+,27?/m0/s1. The number of rotatable bonds is 13. The summed E-state index contributed by atoms with van der Waals surface area (Å²) in [5, 5.41) is 17.2. The van der Waals surface area contributed by atoms with E-state index in [1.165, 1.54) is 39.0 Å². The van der Waals surface area contributed by atoms with Crippen LogP contribution in [0.15, 0.2) is 53.4 Å². The fourth-order valence-corrected chi connectivity index (χ4v) is 6.48. The maximum absolute atomic E-state index is 13.3. The fraction of sp³-hybridized carbons (Fsp3) is 0.519. The number of ether oxygens (including phenoxy) is 2. The second-order valence-corrected chi connectivity index (χ2v) is 15.7. The number of fused-ring (bicyclic) bond motifs is 1. The molecule has 1 unspecified atom stereocenters. The van der Waals surface area contributed by atoms with Crippen molar-refractivity contribution in [3.63, 3.8) is 0 Å². The van der Waals surface area contributed by atoms with E-state index in [4.69, 9.17) is 15.2 Å². The molecule has 0 saturated heterocycles. The summed E-state index contributed by atoms with van der Waals surface area (Å²) in [6, 6.07) is 12.1. The Kier molecular flexibility index (Phi) is 9.26. The lowest BCUT2D eigenvalue weighted by molar-refractivity contribution is -0.125. The van der Waals surface area contributed by atoms with E-state index < -0.39 is 53.4 Å². The molecule has 40 heavy (non-hydrogen) atoms. The molecule has 1 heterocycles. The molecule has 2 aromatic rings. The Balaban J connectivity index is 1.84. The van der Waals surface area contributed by atoms with E-state index in [0.717, 1.165) is 11.8 Å². The summed E-state index contributed by atoms with van der Waals surface area (Å²) >= 11 is 0. The van der Waals surface area contributed by atoms with Gasteiger partial charge in [0.2, 0.25) is 12.7 Å². The molecule has 11 nitrogen and oxygen atoms in total. The second kappa shape index (κ2) is 11.6. The molecule has 1 aliphatic rings. The van der Waals surface area contributed by atoms with Gasteiger partial charge in [0, 0.05) is 25.3 Å². The van der Waals surface area contributed by atoms with Crippen molar-refractivity contribution in [1.29, 1.82) is 0 Å². The molecular weight excluding hydrogens is 558 g/mol. The molecule has 3 rings (SSSR count). The van der Waals surface area contributed by atoms with E-state index in [9.17, 15) is 26.7 Å². The quantitative estimate of drug-likeness (QED) is 0.245. The normalized spacial score (nSPS) is 17.5. The zero-order valence-corrected chi connectivity index (χ0v) is 25.1. The minimum absolute atomic E-state index is 0.00225. The van der Waals surface area contributed by atoms with Gasteiger partial charge in [0.25, 0.3) is 0 Å². The van der Waals surface area contributed by atoms with Crippen LogP contribution in [0, 0.1) is 0 Å². The first-order chi connectivity index (χ1) is 18.4. The fourth-order valence-electron chi connectivity index (χ4n) is 4.27. The van der Waals surface area contributed by atoms with E-state index in [0.29, 0.717) is 17.9 Å². The molecule has 1 amide bonds. The Bertz CT molecular complexity index is 1430. The molecule has 222 valence electrons. The van der Waals surface area contributed by atoms with Gasteiger partial charge in [-0.3, -0.25) is 10.1 Å². The number of carbonyl (C=O) groups is 1. The molecule has 0 saturated carbocycles. The molecule has 1 aliphatic heterocycles. The van der Waals surface area contributed by atoms with Crippen LogP contribution >= 0.6 is 0 Å². The van der Waals surface area contributed by atoms with E-state index in [2.05, 4.69) is 10.6 Å². The van der Waals surface area contributed by atoms with Gasteiger partial charge in [0.05, 0.1) is 26.7 Å². The highest BCUT2D eigenvalue weighted by Gasteiger charge is 2.44. The maximum atomic E-state index is 13.3. The Morgan fingerprint density at radius 1 is 1.05 bits per heavy atom. The maximum Gasteiger partial charge on any atom is 0.239 e. The molecule has 2 aromatic carbocycles. The number of hydrogen-bond acceptors (Lipinski definition) is 10. The molecule has 0 spiro atoms. The van der Waals surface area contributed by atoms with Gasteiger partial charge in [-0.1, -0.05) is 37.3 Å². The van der Waals surface area contributed by atoms with Gasteiger partial charge in [0.15, 0.2) is 31.2 Å². The number of carbonyl (C=O) groups excluding carboxylic acids is 1. The van der Waals surface area contributed by atoms with Crippen molar-refractivity contribution < 1.29 is 36.2 Å². The van der Waals surface area contributed by atoms with Crippen molar-refractivity contribution in [2.45, 2.75) is 67.5 Å². The molecule has 0 aliphatic carbocycles. The molecule has 0 bridgehead atoms. The Labute approximate surface area is 236 Å². The van der Waals surface area contributed by atoms with Gasteiger partial charge in [-0.05, 0) is 44.9 Å². The smallest absolute Gasteiger partial charge is 0.239 e. The van der Waals surface area contributed by atoms with E-state index in [-0.39, 0.29) is 24.7 Å². The third-order valence-electron chi connectivity index (χ3n) is 7.31. The minimum Gasteiger partial charge on any atom is -0.454 e. The molecule has 0 aromatic heterocycles. The third-order valence-corrected chi connectivity index (χ3v) is 11.5. The third kappa shape index (κ3) is 7.32. The second-order valence-electron chi connectivity index (χ2n) is 11.1. The van der Waals surface area contributed by atoms with Crippen molar-refractivity contribution in [3.05, 3.63) is 54.1 Å². The lowest BCUT2D eigenvalue weighted by atomic mass is 9.94. The number of sulfone groups is 2. The lowest BCUT2D eigenvalue weighted by Gasteiger charge is -2.40. The predicted octanol–water partition coefficient (Wildman–Crippen LogP) is 1.15. The SMILES string of the molecule is CCC(Cc1ccccc1)(NC[C@@](C)(O)CS(=O)(=O)c1ccc2c(c1)OCO2)NC(=O)[C@H](N)C(C)(C)S(C)(=O)=O. The molecular formula is C27H39N3O8S2. The number of nitrogens with two attached hydrogens (primary N) is 1. The first kappa shape index (κ1) is 31.8. The van der Waals surface area contributed by atoms with Gasteiger partial charge in [-0.2, -0.15) is 0 Å². The summed E-state index contributed by atoms with van der Waals surface area (Å²) in [5.74, 6) is -0.572. The predicted molar refractivity (Wildman–Crippen MR) is 151 cm³/mol. The molecule has 5 N–H and O–H groups in total. The van der Waals surface area contributed by atoms with Crippen LogP contribution in [0.1, 0.15) is 39.7 Å². The van der Waals surface area contributed by atoms with Crippen molar-refractivity contribution in [2.24, 2.45) is 5.73 Å². The van der Waals surface area contributed by atoms with Crippen LogP contribution in [0.3, 0.4) is 0 Å². The van der Waals surface area contributed by atoms with Crippen molar-refractivity contribution >= 4 is 25.6 Å². The number of amides is 1. The number of nitrogens with one attached hydrogen (secondary N) is 2. The first-order valence-electron chi connectivity index (χ1n) is 12.8. The van der Waals surface area contributed by atoms with Crippen LogP contribution in [0.5, 0.6) is 11.5 Å². The Morgan fingerprint density at radius 3 is 2.27 bits per heavy atom. The molecule has 0 radical (unpaired) electrons. The average molecular weight is 598 g/mol. The highest BCUT2D eigenvalue weighted by molar-refractivity contribution is 7.92. The van der Waals surface area contributed by atoms with Gasteiger partial charge < -0.3 is 25.6 Å². The largest absolute Gasteiger partial charge is 0.454 e. The lowest BCUT2D eigenvalue weighted by Crippen LogP contribution is -2.67. The highest BCUT2D eigenvalue weighted by atomic mass is 32.2. The summed E-state index contributed by atoms with van der Waals surface area (Å²) in [5.41, 5.74) is 4.04. The summed E-state index contributed by atoms with van der Waals surface area (Å²) in [6.45, 7) is 5.74. The average Bonchev–Trinajstić information content (AvgIpc) is 3.34. The first-order valence-corrected chi connectivity index (χ1v) is 16.4. The van der Waals surface area contributed by atoms with Crippen LogP contribution in [0.4, 0.5) is 0 Å². The van der Waals surface area contributed by atoms with Crippen molar-refractivity contribution in [2.75, 3.05) is 25.3 Å². The van der Waals surface area contributed by atoms with Crippen LogP contribution < -0.4 is 25.8 Å². The summed E-state index contributed by atoms with van der Waals surface area (Å²) in [6.07, 6.45) is 1.59. The van der Waals surface area contributed by atoms with Gasteiger partial charge in [-0.25, -0.2) is 16.8 Å². The van der Waals surface area contributed by atoms with Gasteiger partial charge in [-0.15, -0.1) is 0 Å². The van der Waals surface area contributed by atoms with Crippen molar-refractivity contribution in [3.8, 4) is 11.5 Å². The summed E-state index contributed by atoms with van der Waals surface area (Å²) in [4.78, 5) is 13.3. The van der Waals surface area contributed by atoms with E-state index in [1.807, 2.05) is 37.3 Å². The monoisotopic (exact) mass is 597 g/mol. The van der Waals surface area contributed by atoms with Crippen LogP contribution in [0.2, 0.25) is 0 Å². The molecule has 0 fully saturated rings. The minimum atomic E-state index is -3.94. The van der Waals surface area contributed by atoms with E-state index in [1.54, 1.807) is 0 Å². The molecule has 13 heteroatoms. The summed E-state index contributed by atoms with van der Waals surface area (Å²) < 4.78 is 60.0. The molecule has 3 atom stereocenters.